The molecule has 120 valence electrons. The van der Waals surface area contributed by atoms with E-state index < -0.39 is 20.3 Å². The van der Waals surface area contributed by atoms with Gasteiger partial charge in [-0.05, 0) is 25.1 Å². The molecule has 0 radical (unpaired) electrons. The summed E-state index contributed by atoms with van der Waals surface area (Å²) in [4.78, 5) is 31.8. The first-order chi connectivity index (χ1) is 10.8. The van der Waals surface area contributed by atoms with Crippen molar-refractivity contribution in [2.45, 2.75) is 18.4 Å². The predicted molar refractivity (Wildman–Crippen MR) is 87.8 cm³/mol. The summed E-state index contributed by atoms with van der Waals surface area (Å²) >= 11 is 1.37. The summed E-state index contributed by atoms with van der Waals surface area (Å²) in [5, 5.41) is 0.897. The summed E-state index contributed by atoms with van der Waals surface area (Å²) in [6, 6.07) is 3.73. The number of halogens is 1. The molecular weight excluding hydrogens is 362 g/mol. The van der Waals surface area contributed by atoms with Gasteiger partial charge in [-0.15, -0.1) is 11.3 Å². The fraction of sp³-hybridized carbons (Fsp3) is 0.154. The second kappa shape index (κ2) is 5.59. The van der Waals surface area contributed by atoms with Crippen molar-refractivity contribution in [1.82, 2.24) is 14.5 Å². The molecule has 0 unspecified atom stereocenters. The van der Waals surface area contributed by atoms with E-state index in [0.29, 0.717) is 0 Å². The Morgan fingerprint density at radius 2 is 2.09 bits per heavy atom. The van der Waals surface area contributed by atoms with E-state index in [9.17, 15) is 18.0 Å². The zero-order chi connectivity index (χ0) is 16.8. The van der Waals surface area contributed by atoms with E-state index in [0.717, 1.165) is 20.5 Å². The summed E-state index contributed by atoms with van der Waals surface area (Å²) in [5.41, 5.74) is -0.909. The van der Waals surface area contributed by atoms with Crippen LogP contribution in [0.1, 0.15) is 9.88 Å². The van der Waals surface area contributed by atoms with Crippen LogP contribution >= 0.6 is 22.0 Å². The number of fused-ring (bicyclic) bond motifs is 1. The molecule has 0 aliphatic carbocycles. The normalized spacial score (nSPS) is 11.9. The number of hydrogen-bond donors (Lipinski definition) is 1. The molecule has 0 aliphatic rings. The number of nitrogens with one attached hydrogen (secondary N) is 1. The van der Waals surface area contributed by atoms with Gasteiger partial charge in [0, 0.05) is 21.8 Å². The van der Waals surface area contributed by atoms with Crippen molar-refractivity contribution in [1.29, 1.82) is 0 Å². The van der Waals surface area contributed by atoms with Crippen LogP contribution in [0.2, 0.25) is 0 Å². The summed E-state index contributed by atoms with van der Waals surface area (Å²) in [6.07, 6.45) is 1.59. The molecule has 2 aromatic heterocycles. The summed E-state index contributed by atoms with van der Waals surface area (Å²) in [7, 11) is 1.33. The minimum absolute atomic E-state index is 0.0630. The van der Waals surface area contributed by atoms with Gasteiger partial charge in [0.05, 0.1) is 27.4 Å². The third-order valence-corrected chi connectivity index (χ3v) is 5.47. The van der Waals surface area contributed by atoms with Gasteiger partial charge in [0.2, 0.25) is 0 Å². The van der Waals surface area contributed by atoms with Crippen molar-refractivity contribution in [3.63, 3.8) is 0 Å². The van der Waals surface area contributed by atoms with Crippen LogP contribution in [0.25, 0.3) is 10.9 Å². The Kier molecular flexibility index (Phi) is 3.86. The van der Waals surface area contributed by atoms with Crippen LogP contribution in [0.15, 0.2) is 38.9 Å². The van der Waals surface area contributed by atoms with Crippen LogP contribution in [-0.4, -0.2) is 23.0 Å². The van der Waals surface area contributed by atoms with Gasteiger partial charge in [0.25, 0.3) is 14.6 Å². The quantitative estimate of drug-likeness (QED) is 0.702. The molecule has 0 aliphatic heterocycles. The first-order valence-corrected chi connectivity index (χ1v) is 9.51. The van der Waals surface area contributed by atoms with E-state index in [1.807, 2.05) is 6.92 Å². The van der Waals surface area contributed by atoms with Gasteiger partial charge in [-0.2, -0.15) is 0 Å². The molecule has 23 heavy (non-hydrogen) atoms. The van der Waals surface area contributed by atoms with Crippen LogP contribution in [-0.2, 0) is 15.6 Å². The Morgan fingerprint density at radius 1 is 1.35 bits per heavy atom. The highest BCUT2D eigenvalue weighted by Crippen LogP contribution is 2.18. The van der Waals surface area contributed by atoms with E-state index >= 15 is 0 Å². The standard InChI is InChI=1S/C13H10ClN3O4S2/c1-7-15-5-8(22-7)6-17-12(18)10-4-9(23(14,20)21)2-3-11(10)16-13(17)19/h2-5H,6H2,1H3,(H,16,19). The molecule has 0 saturated carbocycles. The van der Waals surface area contributed by atoms with Crippen molar-refractivity contribution < 1.29 is 8.42 Å². The Bertz CT molecular complexity index is 1130. The molecular formula is C13H10ClN3O4S2. The van der Waals surface area contributed by atoms with Crippen molar-refractivity contribution in [2.24, 2.45) is 0 Å². The van der Waals surface area contributed by atoms with E-state index in [4.69, 9.17) is 10.7 Å². The molecule has 1 N–H and O–H groups in total. The van der Waals surface area contributed by atoms with E-state index in [1.165, 1.54) is 23.5 Å². The minimum Gasteiger partial charge on any atom is -0.307 e. The van der Waals surface area contributed by atoms with Crippen LogP contribution in [0.5, 0.6) is 0 Å². The lowest BCUT2D eigenvalue weighted by atomic mass is 10.2. The van der Waals surface area contributed by atoms with Crippen LogP contribution in [0.3, 0.4) is 0 Å². The molecule has 0 spiro atoms. The summed E-state index contributed by atoms with van der Waals surface area (Å²) in [6.45, 7) is 1.88. The first-order valence-electron chi connectivity index (χ1n) is 6.38. The topological polar surface area (TPSA) is 102 Å². The molecule has 3 aromatic rings. The Balaban J connectivity index is 2.22. The number of thiazole rings is 1. The second-order valence-corrected chi connectivity index (χ2v) is 8.70. The largest absolute Gasteiger partial charge is 0.329 e. The third kappa shape index (κ3) is 3.07. The Morgan fingerprint density at radius 3 is 2.70 bits per heavy atom. The number of H-pyrrole nitrogens is 1. The zero-order valence-electron chi connectivity index (χ0n) is 11.7. The lowest BCUT2D eigenvalue weighted by molar-refractivity contribution is 0.609. The van der Waals surface area contributed by atoms with Gasteiger partial charge in [-0.25, -0.2) is 18.2 Å². The maximum Gasteiger partial charge on any atom is 0.329 e. The fourth-order valence-corrected chi connectivity index (χ4v) is 3.72. The zero-order valence-corrected chi connectivity index (χ0v) is 14.1. The van der Waals surface area contributed by atoms with E-state index in [-0.39, 0.29) is 22.3 Å². The smallest absolute Gasteiger partial charge is 0.307 e. The number of rotatable bonds is 3. The number of aryl methyl sites for hydroxylation is 1. The van der Waals surface area contributed by atoms with Crippen LogP contribution < -0.4 is 11.2 Å². The highest BCUT2D eigenvalue weighted by Gasteiger charge is 2.14. The summed E-state index contributed by atoms with van der Waals surface area (Å²) < 4.78 is 23.8. The van der Waals surface area contributed by atoms with Crippen LogP contribution in [0, 0.1) is 6.92 Å². The first kappa shape index (κ1) is 15.9. The van der Waals surface area contributed by atoms with Crippen molar-refractivity contribution in [3.8, 4) is 0 Å². The number of benzene rings is 1. The molecule has 0 bridgehead atoms. The highest BCUT2D eigenvalue weighted by atomic mass is 35.7. The van der Waals surface area contributed by atoms with E-state index in [2.05, 4.69) is 9.97 Å². The minimum atomic E-state index is -3.97. The molecule has 2 heterocycles. The molecule has 0 atom stereocenters. The molecule has 0 fully saturated rings. The lowest BCUT2D eigenvalue weighted by Gasteiger charge is -2.05. The maximum atomic E-state index is 12.5. The fourth-order valence-electron chi connectivity index (χ4n) is 2.16. The number of nitrogens with zero attached hydrogens (tertiary/aromatic N) is 2. The van der Waals surface area contributed by atoms with Gasteiger partial charge in [-0.3, -0.25) is 9.36 Å². The molecule has 0 saturated heterocycles. The van der Waals surface area contributed by atoms with Crippen molar-refractivity contribution in [2.75, 3.05) is 0 Å². The molecule has 10 heteroatoms. The highest BCUT2D eigenvalue weighted by molar-refractivity contribution is 8.13. The Hall–Kier alpha value is -1.97. The van der Waals surface area contributed by atoms with Crippen molar-refractivity contribution in [3.05, 3.63) is 55.1 Å². The molecule has 1 aromatic carbocycles. The average Bonchev–Trinajstić information content (AvgIpc) is 2.87. The maximum absolute atomic E-state index is 12.5. The number of aromatic amines is 1. The van der Waals surface area contributed by atoms with Crippen molar-refractivity contribution >= 4 is 42.0 Å². The van der Waals surface area contributed by atoms with Gasteiger partial charge in [0.15, 0.2) is 0 Å². The molecule has 3 rings (SSSR count). The third-order valence-electron chi connectivity index (χ3n) is 3.22. The second-order valence-electron chi connectivity index (χ2n) is 4.81. The SMILES string of the molecule is Cc1ncc(Cn2c(=O)[nH]c3ccc(S(=O)(=O)Cl)cc3c2=O)s1. The van der Waals surface area contributed by atoms with Gasteiger partial charge in [-0.1, -0.05) is 0 Å². The lowest BCUT2D eigenvalue weighted by Crippen LogP contribution is -2.35. The van der Waals surface area contributed by atoms with Gasteiger partial charge in [0.1, 0.15) is 0 Å². The van der Waals surface area contributed by atoms with Gasteiger partial charge >= 0.3 is 5.69 Å². The van der Waals surface area contributed by atoms with E-state index in [1.54, 1.807) is 6.20 Å². The number of hydrogen-bond acceptors (Lipinski definition) is 6. The Labute approximate surface area is 138 Å². The number of aromatic nitrogens is 3. The average molecular weight is 372 g/mol. The van der Waals surface area contributed by atoms with Crippen LogP contribution in [0.4, 0.5) is 0 Å². The predicted octanol–water partition coefficient (Wildman–Crippen LogP) is 1.43. The monoisotopic (exact) mass is 371 g/mol. The molecule has 7 nitrogen and oxygen atoms in total. The molecule has 0 amide bonds. The van der Waals surface area contributed by atoms with Gasteiger partial charge < -0.3 is 4.98 Å². The summed E-state index contributed by atoms with van der Waals surface area (Å²) in [5.74, 6) is 0.